The Balaban J connectivity index is 2.71. The monoisotopic (exact) mass is 200 g/mol. The van der Waals surface area contributed by atoms with E-state index in [1.165, 1.54) is 0 Å². The maximum Gasteiger partial charge on any atom is 0.319 e. The normalized spacial score (nSPS) is 9.64. The van der Waals surface area contributed by atoms with E-state index in [1.54, 1.807) is 6.92 Å². The molecule has 0 aliphatic heterocycles. The van der Waals surface area contributed by atoms with E-state index in [1.807, 2.05) is 0 Å². The number of hydrogen-bond donors (Lipinski definition) is 2. The molecule has 0 aromatic heterocycles. The lowest BCUT2D eigenvalue weighted by Crippen LogP contribution is -2.28. The van der Waals surface area contributed by atoms with Crippen molar-refractivity contribution >= 4 is 11.7 Å². The highest BCUT2D eigenvalue weighted by atomic mass is 19.1. The van der Waals surface area contributed by atoms with Gasteiger partial charge in [0.25, 0.3) is 0 Å². The van der Waals surface area contributed by atoms with Gasteiger partial charge in [-0.1, -0.05) is 0 Å². The van der Waals surface area contributed by atoms with Gasteiger partial charge in [0.15, 0.2) is 0 Å². The molecule has 0 unspecified atom stereocenters. The number of carbonyl (C=O) groups excluding carboxylic acids is 1. The fourth-order valence-corrected chi connectivity index (χ4v) is 0.962. The van der Waals surface area contributed by atoms with Gasteiger partial charge in [0.1, 0.15) is 11.6 Å². The van der Waals surface area contributed by atoms with Gasteiger partial charge in [0, 0.05) is 18.3 Å². The van der Waals surface area contributed by atoms with Gasteiger partial charge in [-0.05, 0) is 19.1 Å². The summed E-state index contributed by atoms with van der Waals surface area (Å²) in [5.41, 5.74) is 0.0912. The van der Waals surface area contributed by atoms with Gasteiger partial charge in [-0.15, -0.1) is 0 Å². The van der Waals surface area contributed by atoms with Crippen LogP contribution in [0.25, 0.3) is 0 Å². The van der Waals surface area contributed by atoms with E-state index in [0.29, 0.717) is 6.54 Å². The zero-order valence-corrected chi connectivity index (χ0v) is 7.60. The van der Waals surface area contributed by atoms with Crippen molar-refractivity contribution < 1.29 is 13.6 Å². The molecule has 3 nitrogen and oxygen atoms in total. The number of amides is 2. The Hall–Kier alpha value is -1.65. The summed E-state index contributed by atoms with van der Waals surface area (Å²) in [5, 5.41) is 4.73. The van der Waals surface area contributed by atoms with Crippen molar-refractivity contribution in [2.24, 2.45) is 0 Å². The van der Waals surface area contributed by atoms with E-state index >= 15 is 0 Å². The largest absolute Gasteiger partial charge is 0.338 e. The highest BCUT2D eigenvalue weighted by Gasteiger charge is 2.03. The van der Waals surface area contributed by atoms with Crippen LogP contribution in [0.5, 0.6) is 0 Å². The summed E-state index contributed by atoms with van der Waals surface area (Å²) >= 11 is 0. The zero-order valence-electron chi connectivity index (χ0n) is 7.60. The molecule has 0 saturated carbocycles. The Morgan fingerprint density at radius 2 is 1.86 bits per heavy atom. The standard InChI is InChI=1S/C9H10F2N2O/c1-2-12-9(14)13-8-4-6(10)3-7(11)5-8/h3-5H,2H2,1H3,(H2,12,13,14). The van der Waals surface area contributed by atoms with Crippen LogP contribution in [0.15, 0.2) is 18.2 Å². The number of hydrogen-bond acceptors (Lipinski definition) is 1. The van der Waals surface area contributed by atoms with E-state index in [9.17, 15) is 13.6 Å². The molecule has 0 saturated heterocycles. The Bertz CT molecular complexity index is 321. The van der Waals surface area contributed by atoms with Crippen LogP contribution in [0.3, 0.4) is 0 Å². The molecule has 1 rings (SSSR count). The molecule has 1 aromatic carbocycles. The molecular weight excluding hydrogens is 190 g/mol. The predicted molar refractivity (Wildman–Crippen MR) is 49.1 cm³/mol. The van der Waals surface area contributed by atoms with Crippen molar-refractivity contribution in [1.29, 1.82) is 0 Å². The van der Waals surface area contributed by atoms with Crippen LogP contribution in [0, 0.1) is 11.6 Å². The first-order chi connectivity index (χ1) is 6.61. The number of halogens is 2. The first-order valence-corrected chi connectivity index (χ1v) is 4.12. The van der Waals surface area contributed by atoms with Gasteiger partial charge in [-0.2, -0.15) is 0 Å². The quantitative estimate of drug-likeness (QED) is 0.754. The third-order valence-corrected chi connectivity index (χ3v) is 1.46. The maximum atomic E-state index is 12.7. The molecule has 0 aliphatic rings. The minimum Gasteiger partial charge on any atom is -0.338 e. The van der Waals surface area contributed by atoms with Crippen LogP contribution < -0.4 is 10.6 Å². The molecule has 0 bridgehead atoms. The number of rotatable bonds is 2. The molecule has 1 aromatic rings. The summed E-state index contributed by atoms with van der Waals surface area (Å²) in [4.78, 5) is 11.0. The van der Waals surface area contributed by atoms with Crippen molar-refractivity contribution in [2.45, 2.75) is 6.92 Å². The first-order valence-electron chi connectivity index (χ1n) is 4.12. The molecule has 5 heteroatoms. The smallest absolute Gasteiger partial charge is 0.319 e. The van der Waals surface area contributed by atoms with Gasteiger partial charge in [0.2, 0.25) is 0 Å². The Morgan fingerprint density at radius 3 is 2.36 bits per heavy atom. The van der Waals surface area contributed by atoms with E-state index in [2.05, 4.69) is 10.6 Å². The summed E-state index contributed by atoms with van der Waals surface area (Å²) < 4.78 is 25.3. The lowest BCUT2D eigenvalue weighted by Gasteiger charge is -2.05. The van der Waals surface area contributed by atoms with Gasteiger partial charge in [-0.3, -0.25) is 0 Å². The van der Waals surface area contributed by atoms with E-state index in [4.69, 9.17) is 0 Å². The molecule has 0 heterocycles. The topological polar surface area (TPSA) is 41.1 Å². The van der Waals surface area contributed by atoms with Crippen LogP contribution in [0.4, 0.5) is 19.3 Å². The Kier molecular flexibility index (Phi) is 3.39. The highest BCUT2D eigenvalue weighted by molar-refractivity contribution is 5.89. The number of benzene rings is 1. The first kappa shape index (κ1) is 10.4. The van der Waals surface area contributed by atoms with E-state index in [0.717, 1.165) is 18.2 Å². The van der Waals surface area contributed by atoms with Gasteiger partial charge >= 0.3 is 6.03 Å². The predicted octanol–water partition coefficient (Wildman–Crippen LogP) is 2.11. The summed E-state index contributed by atoms with van der Waals surface area (Å²) in [6, 6.07) is 2.33. The molecule has 0 radical (unpaired) electrons. The molecular formula is C9H10F2N2O. The Morgan fingerprint density at radius 1 is 1.29 bits per heavy atom. The second kappa shape index (κ2) is 4.55. The van der Waals surface area contributed by atoms with E-state index < -0.39 is 17.7 Å². The van der Waals surface area contributed by atoms with Crippen molar-refractivity contribution in [3.63, 3.8) is 0 Å². The third-order valence-electron chi connectivity index (χ3n) is 1.46. The lowest BCUT2D eigenvalue weighted by molar-refractivity contribution is 0.252. The number of nitrogens with one attached hydrogen (secondary N) is 2. The molecule has 14 heavy (non-hydrogen) atoms. The third kappa shape index (κ3) is 3.01. The van der Waals surface area contributed by atoms with Gasteiger partial charge < -0.3 is 10.6 Å². The van der Waals surface area contributed by atoms with E-state index in [-0.39, 0.29) is 5.69 Å². The molecule has 0 spiro atoms. The van der Waals surface area contributed by atoms with Crippen molar-refractivity contribution in [2.75, 3.05) is 11.9 Å². The summed E-state index contributed by atoms with van der Waals surface area (Å²) in [6.07, 6.45) is 0. The zero-order chi connectivity index (χ0) is 10.6. The molecule has 2 amide bonds. The SMILES string of the molecule is CCNC(=O)Nc1cc(F)cc(F)c1. The summed E-state index contributed by atoms with van der Waals surface area (Å²) in [5.74, 6) is -1.45. The number of anilines is 1. The Labute approximate surface area is 80.1 Å². The fourth-order valence-electron chi connectivity index (χ4n) is 0.962. The highest BCUT2D eigenvalue weighted by Crippen LogP contribution is 2.12. The molecule has 0 fully saturated rings. The van der Waals surface area contributed by atoms with Gasteiger partial charge in [-0.25, -0.2) is 13.6 Å². The average molecular weight is 200 g/mol. The van der Waals surface area contributed by atoms with Crippen molar-refractivity contribution in [3.8, 4) is 0 Å². The summed E-state index contributed by atoms with van der Waals surface area (Å²) in [6.45, 7) is 2.19. The lowest BCUT2D eigenvalue weighted by atomic mass is 10.3. The number of carbonyl (C=O) groups is 1. The second-order valence-electron chi connectivity index (χ2n) is 2.64. The number of urea groups is 1. The molecule has 2 N–H and O–H groups in total. The molecule has 0 atom stereocenters. The van der Waals surface area contributed by atoms with Crippen LogP contribution in [0.1, 0.15) is 6.92 Å². The minimum absolute atomic E-state index is 0.0912. The van der Waals surface area contributed by atoms with Crippen molar-refractivity contribution in [3.05, 3.63) is 29.8 Å². The average Bonchev–Trinajstić information content (AvgIpc) is 2.01. The van der Waals surface area contributed by atoms with Gasteiger partial charge in [0.05, 0.1) is 0 Å². The van der Waals surface area contributed by atoms with Crippen molar-refractivity contribution in [1.82, 2.24) is 5.32 Å². The second-order valence-corrected chi connectivity index (χ2v) is 2.64. The summed E-state index contributed by atoms with van der Waals surface area (Å²) in [7, 11) is 0. The van der Waals surface area contributed by atoms with Crippen LogP contribution in [0.2, 0.25) is 0 Å². The van der Waals surface area contributed by atoms with Crippen LogP contribution in [-0.2, 0) is 0 Å². The fraction of sp³-hybridized carbons (Fsp3) is 0.222. The minimum atomic E-state index is -0.725. The molecule has 76 valence electrons. The maximum absolute atomic E-state index is 12.7. The molecule has 0 aliphatic carbocycles. The van der Waals surface area contributed by atoms with Crippen LogP contribution >= 0.6 is 0 Å². The van der Waals surface area contributed by atoms with Crippen LogP contribution in [-0.4, -0.2) is 12.6 Å².